The lowest BCUT2D eigenvalue weighted by atomic mass is 10.0. The van der Waals surface area contributed by atoms with Gasteiger partial charge in [0, 0.05) is 58.1 Å². The summed E-state index contributed by atoms with van der Waals surface area (Å²) in [6.45, 7) is 0. The zero-order chi connectivity index (χ0) is 37.0. The first-order valence-electron chi connectivity index (χ1n) is 18.4. The Morgan fingerprint density at radius 2 is 0.804 bits per heavy atom. The number of aromatic nitrogens is 5. The predicted octanol–water partition coefficient (Wildman–Crippen LogP) is 13.4. The van der Waals surface area contributed by atoms with Gasteiger partial charge in [-0.15, -0.1) is 22.7 Å². The maximum absolute atomic E-state index is 5.16. The van der Waals surface area contributed by atoms with Crippen LogP contribution in [0.1, 0.15) is 0 Å². The fraction of sp³-hybridized carbons (Fsp3) is 0. The molecule has 5 nitrogen and oxygen atoms in total. The van der Waals surface area contributed by atoms with Crippen LogP contribution in [0.2, 0.25) is 0 Å². The maximum atomic E-state index is 5.16. The Hall–Kier alpha value is -6.93. The summed E-state index contributed by atoms with van der Waals surface area (Å²) in [4.78, 5) is 25.1. The quantitative estimate of drug-likeness (QED) is 0.169. The molecule has 0 radical (unpaired) electrons. The van der Waals surface area contributed by atoms with E-state index in [1.165, 1.54) is 30.4 Å². The third kappa shape index (κ3) is 5.73. The van der Waals surface area contributed by atoms with E-state index in [9.17, 15) is 0 Å². The highest BCUT2D eigenvalue weighted by Gasteiger charge is 2.18. The monoisotopic (exact) mass is 751 g/mol. The van der Waals surface area contributed by atoms with E-state index in [0.717, 1.165) is 60.5 Å². The van der Waals surface area contributed by atoms with Crippen LogP contribution in [0.15, 0.2) is 176 Å². The summed E-state index contributed by atoms with van der Waals surface area (Å²) in [5.41, 5.74) is 9.23. The Kier molecular flexibility index (Phi) is 7.79. The molecule has 0 atom stereocenters. The molecule has 262 valence electrons. The second kappa shape index (κ2) is 13.4. The lowest BCUT2D eigenvalue weighted by Gasteiger charge is -2.09. The van der Waals surface area contributed by atoms with Crippen molar-refractivity contribution in [2.45, 2.75) is 0 Å². The molecule has 0 amide bonds. The van der Waals surface area contributed by atoms with Crippen LogP contribution in [0, 0.1) is 0 Å². The summed E-state index contributed by atoms with van der Waals surface area (Å²) in [5, 5.41) is 3.57. The van der Waals surface area contributed by atoms with Gasteiger partial charge in [0.15, 0.2) is 23.3 Å². The lowest BCUT2D eigenvalue weighted by molar-refractivity contribution is 1.07. The van der Waals surface area contributed by atoms with Crippen molar-refractivity contribution >= 4 is 63.1 Å². The number of fused-ring (bicyclic) bond motifs is 6. The average molecular weight is 752 g/mol. The third-order valence-electron chi connectivity index (χ3n) is 10.2. The molecule has 11 aromatic rings. The Balaban J connectivity index is 0.953. The van der Waals surface area contributed by atoms with Gasteiger partial charge < -0.3 is 0 Å². The van der Waals surface area contributed by atoms with Gasteiger partial charge in [0.25, 0.3) is 0 Å². The molecule has 4 aromatic heterocycles. The SMILES string of the molecule is c1ccc(-c2nc(-c3ccccc3)nc(-c3ccc4sc5cc(-c6ccc(-c7nc(-c8ccccc8)c8sc9ccccc9c8n7)cc6)ccc5c4c3)n2)cc1. The van der Waals surface area contributed by atoms with Crippen LogP contribution in [-0.2, 0) is 0 Å². The van der Waals surface area contributed by atoms with Crippen LogP contribution in [0.3, 0.4) is 0 Å². The Morgan fingerprint density at radius 1 is 0.286 bits per heavy atom. The second-order valence-electron chi connectivity index (χ2n) is 13.7. The molecule has 4 heterocycles. The minimum atomic E-state index is 0.655. The minimum Gasteiger partial charge on any atom is -0.226 e. The highest BCUT2D eigenvalue weighted by atomic mass is 32.1. The summed E-state index contributed by atoms with van der Waals surface area (Å²) in [6.07, 6.45) is 0. The predicted molar refractivity (Wildman–Crippen MR) is 234 cm³/mol. The van der Waals surface area contributed by atoms with Gasteiger partial charge in [0.2, 0.25) is 0 Å². The summed E-state index contributed by atoms with van der Waals surface area (Å²) in [5.74, 6) is 2.70. The summed E-state index contributed by atoms with van der Waals surface area (Å²) in [7, 11) is 0. The van der Waals surface area contributed by atoms with Crippen LogP contribution < -0.4 is 0 Å². The molecule has 0 unspecified atom stereocenters. The van der Waals surface area contributed by atoms with Gasteiger partial charge in [0.05, 0.1) is 15.9 Å². The van der Waals surface area contributed by atoms with E-state index >= 15 is 0 Å². The molecule has 0 saturated heterocycles. The Labute approximate surface area is 330 Å². The Bertz CT molecular complexity index is 3170. The van der Waals surface area contributed by atoms with Gasteiger partial charge >= 0.3 is 0 Å². The normalized spacial score (nSPS) is 11.6. The van der Waals surface area contributed by atoms with Crippen LogP contribution in [0.25, 0.3) is 108 Å². The molecule has 7 heteroatoms. The van der Waals surface area contributed by atoms with Crippen LogP contribution >= 0.6 is 22.7 Å². The largest absolute Gasteiger partial charge is 0.226 e. The van der Waals surface area contributed by atoms with Gasteiger partial charge in [-0.1, -0.05) is 146 Å². The molecule has 0 aliphatic rings. The fourth-order valence-electron chi connectivity index (χ4n) is 7.36. The fourth-order valence-corrected chi connectivity index (χ4v) is 9.64. The molecule has 0 spiro atoms. The van der Waals surface area contributed by atoms with Crippen LogP contribution in [0.4, 0.5) is 0 Å². The third-order valence-corrected chi connectivity index (χ3v) is 12.5. The first kappa shape index (κ1) is 32.5. The standard InChI is InChI=1S/C49H29N5S2/c1-4-12-31(13-5-1)43-45-44(38-18-10-11-19-40(38)56-45)51-46(50-43)34-22-20-30(21-23-34)35-24-26-37-39-28-36(25-27-41(39)55-42(37)29-35)49-53-47(32-14-6-2-7-15-32)52-48(54-49)33-16-8-3-9-17-33/h1-29H. The topological polar surface area (TPSA) is 64.5 Å². The van der Waals surface area contributed by atoms with Crippen molar-refractivity contribution < 1.29 is 0 Å². The molecule has 7 aromatic carbocycles. The lowest BCUT2D eigenvalue weighted by Crippen LogP contribution is -2.00. The van der Waals surface area contributed by atoms with Crippen LogP contribution in [-0.4, -0.2) is 24.9 Å². The van der Waals surface area contributed by atoms with E-state index in [-0.39, 0.29) is 0 Å². The number of thiophene rings is 2. The van der Waals surface area contributed by atoms with Gasteiger partial charge in [-0.3, -0.25) is 0 Å². The van der Waals surface area contributed by atoms with E-state index in [4.69, 9.17) is 24.9 Å². The molecule has 0 N–H and O–H groups in total. The van der Waals surface area contributed by atoms with Crippen molar-refractivity contribution in [1.29, 1.82) is 0 Å². The van der Waals surface area contributed by atoms with E-state index < -0.39 is 0 Å². The van der Waals surface area contributed by atoms with E-state index in [2.05, 4.69) is 109 Å². The summed E-state index contributed by atoms with van der Waals surface area (Å²) in [6, 6.07) is 61.0. The van der Waals surface area contributed by atoms with Gasteiger partial charge in [-0.2, -0.15) is 0 Å². The van der Waals surface area contributed by atoms with Gasteiger partial charge in [-0.25, -0.2) is 24.9 Å². The molecule has 0 bridgehead atoms. The first-order chi connectivity index (χ1) is 27.7. The van der Waals surface area contributed by atoms with E-state index in [1.54, 1.807) is 22.7 Å². The number of rotatable bonds is 6. The number of nitrogens with zero attached hydrogens (tertiary/aromatic N) is 5. The smallest absolute Gasteiger partial charge is 0.164 e. The van der Waals surface area contributed by atoms with Crippen molar-refractivity contribution in [2.75, 3.05) is 0 Å². The number of benzene rings is 7. The van der Waals surface area contributed by atoms with Crippen molar-refractivity contribution in [3.05, 3.63) is 176 Å². The van der Waals surface area contributed by atoms with E-state index in [0.29, 0.717) is 17.5 Å². The molecule has 0 saturated carbocycles. The molecular weight excluding hydrogens is 723 g/mol. The van der Waals surface area contributed by atoms with Crippen molar-refractivity contribution in [1.82, 2.24) is 24.9 Å². The minimum absolute atomic E-state index is 0.655. The van der Waals surface area contributed by atoms with Gasteiger partial charge in [-0.05, 0) is 41.5 Å². The number of hydrogen-bond donors (Lipinski definition) is 0. The number of hydrogen-bond acceptors (Lipinski definition) is 7. The van der Waals surface area contributed by atoms with Crippen LogP contribution in [0.5, 0.6) is 0 Å². The molecule has 56 heavy (non-hydrogen) atoms. The first-order valence-corrected chi connectivity index (χ1v) is 20.0. The van der Waals surface area contributed by atoms with Crippen molar-refractivity contribution in [3.63, 3.8) is 0 Å². The zero-order valence-corrected chi connectivity index (χ0v) is 31.4. The highest BCUT2D eigenvalue weighted by molar-refractivity contribution is 7.26. The second-order valence-corrected chi connectivity index (χ2v) is 15.8. The van der Waals surface area contributed by atoms with Gasteiger partial charge in [0.1, 0.15) is 0 Å². The molecule has 0 fully saturated rings. The summed E-state index contributed by atoms with van der Waals surface area (Å²) >= 11 is 3.56. The maximum Gasteiger partial charge on any atom is 0.164 e. The average Bonchev–Trinajstić information content (AvgIpc) is 3.84. The van der Waals surface area contributed by atoms with Crippen molar-refractivity contribution in [2.24, 2.45) is 0 Å². The van der Waals surface area contributed by atoms with Crippen molar-refractivity contribution in [3.8, 4) is 67.9 Å². The Morgan fingerprint density at radius 3 is 1.50 bits per heavy atom. The zero-order valence-electron chi connectivity index (χ0n) is 29.8. The molecule has 0 aliphatic heterocycles. The molecular formula is C49H29N5S2. The highest BCUT2D eigenvalue weighted by Crippen LogP contribution is 2.41. The van der Waals surface area contributed by atoms with E-state index in [1.807, 2.05) is 66.7 Å². The summed E-state index contributed by atoms with van der Waals surface area (Å²) < 4.78 is 4.78. The molecule has 11 rings (SSSR count). The molecule has 0 aliphatic carbocycles.